The summed E-state index contributed by atoms with van der Waals surface area (Å²) in [5.74, 6) is 0.0819. The van der Waals surface area contributed by atoms with E-state index in [0.717, 1.165) is 0 Å². The van der Waals surface area contributed by atoms with Gasteiger partial charge >= 0.3 is 0 Å². The first-order valence-electron chi connectivity index (χ1n) is 6.12. The fraction of sp³-hybridized carbons (Fsp3) is 0.500. The standard InChI is InChI=1S/C14H20ClNO3/c1-9(2)14(3,18)8-16-13(17)12-10(15)6-5-7-11(12)19-4/h5-7,9,18H,8H2,1-4H3,(H,16,17). The Morgan fingerprint density at radius 3 is 2.68 bits per heavy atom. The van der Waals surface area contributed by atoms with Gasteiger partial charge in [0.15, 0.2) is 0 Å². The minimum absolute atomic E-state index is 0.0286. The monoisotopic (exact) mass is 285 g/mol. The molecule has 1 aromatic rings. The second-order valence-electron chi connectivity index (χ2n) is 5.01. The molecule has 0 aliphatic carbocycles. The van der Waals surface area contributed by atoms with Crippen LogP contribution in [0.2, 0.25) is 5.02 Å². The Kier molecular flexibility index (Phi) is 5.20. The largest absolute Gasteiger partial charge is 0.496 e. The maximum absolute atomic E-state index is 12.1. The second kappa shape index (κ2) is 6.26. The Morgan fingerprint density at radius 1 is 1.53 bits per heavy atom. The minimum atomic E-state index is -0.968. The van der Waals surface area contributed by atoms with Gasteiger partial charge in [-0.05, 0) is 25.0 Å². The van der Waals surface area contributed by atoms with E-state index in [-0.39, 0.29) is 23.9 Å². The molecule has 0 bridgehead atoms. The molecule has 1 atom stereocenters. The van der Waals surface area contributed by atoms with Crippen LogP contribution < -0.4 is 10.1 Å². The zero-order valence-electron chi connectivity index (χ0n) is 11.7. The van der Waals surface area contributed by atoms with Gasteiger partial charge in [-0.25, -0.2) is 0 Å². The number of rotatable bonds is 5. The zero-order valence-corrected chi connectivity index (χ0v) is 12.4. The number of aliphatic hydroxyl groups is 1. The summed E-state index contributed by atoms with van der Waals surface area (Å²) in [7, 11) is 1.48. The number of carbonyl (C=O) groups excluding carboxylic acids is 1. The van der Waals surface area contributed by atoms with E-state index >= 15 is 0 Å². The number of carbonyl (C=O) groups is 1. The van der Waals surface area contributed by atoms with Crippen molar-refractivity contribution in [3.8, 4) is 5.75 Å². The molecule has 1 aromatic carbocycles. The van der Waals surface area contributed by atoms with Crippen LogP contribution in [0, 0.1) is 5.92 Å². The van der Waals surface area contributed by atoms with Crippen LogP contribution in [0.3, 0.4) is 0 Å². The van der Waals surface area contributed by atoms with Gasteiger partial charge in [-0.3, -0.25) is 4.79 Å². The maximum atomic E-state index is 12.1. The molecule has 1 amide bonds. The van der Waals surface area contributed by atoms with Crippen LogP contribution in [0.1, 0.15) is 31.1 Å². The summed E-state index contributed by atoms with van der Waals surface area (Å²) in [6.07, 6.45) is 0. The molecule has 0 radical (unpaired) electrons. The third-order valence-electron chi connectivity index (χ3n) is 3.27. The molecule has 1 rings (SSSR count). The smallest absolute Gasteiger partial charge is 0.256 e. The highest BCUT2D eigenvalue weighted by atomic mass is 35.5. The molecule has 1 unspecified atom stereocenters. The van der Waals surface area contributed by atoms with Crippen LogP contribution >= 0.6 is 11.6 Å². The molecule has 0 aromatic heterocycles. The highest BCUT2D eigenvalue weighted by Gasteiger charge is 2.26. The molecule has 0 aliphatic rings. The molecule has 0 saturated heterocycles. The van der Waals surface area contributed by atoms with Crippen LogP contribution in [0.15, 0.2) is 18.2 Å². The van der Waals surface area contributed by atoms with Crippen LogP contribution in [0.25, 0.3) is 0 Å². The van der Waals surface area contributed by atoms with E-state index in [1.807, 2.05) is 13.8 Å². The van der Waals surface area contributed by atoms with Gasteiger partial charge < -0.3 is 15.2 Å². The summed E-state index contributed by atoms with van der Waals surface area (Å²) < 4.78 is 5.12. The van der Waals surface area contributed by atoms with E-state index in [1.165, 1.54) is 7.11 Å². The number of halogens is 1. The van der Waals surface area contributed by atoms with Crippen molar-refractivity contribution in [2.45, 2.75) is 26.4 Å². The van der Waals surface area contributed by atoms with Crippen molar-refractivity contribution < 1.29 is 14.6 Å². The molecule has 4 nitrogen and oxygen atoms in total. The number of ether oxygens (including phenoxy) is 1. The predicted octanol–water partition coefficient (Wildman–Crippen LogP) is 2.49. The van der Waals surface area contributed by atoms with Crippen molar-refractivity contribution in [1.29, 1.82) is 0 Å². The lowest BCUT2D eigenvalue weighted by molar-refractivity contribution is 0.0142. The number of benzene rings is 1. The fourth-order valence-electron chi connectivity index (χ4n) is 1.45. The van der Waals surface area contributed by atoms with Crippen LogP contribution in [0.4, 0.5) is 0 Å². The topological polar surface area (TPSA) is 58.6 Å². The number of amides is 1. The molecule has 5 heteroatoms. The average Bonchev–Trinajstić information content (AvgIpc) is 2.35. The van der Waals surface area contributed by atoms with E-state index in [1.54, 1.807) is 25.1 Å². The normalized spacial score (nSPS) is 14.1. The fourth-order valence-corrected chi connectivity index (χ4v) is 1.70. The third kappa shape index (κ3) is 3.85. The summed E-state index contributed by atoms with van der Waals surface area (Å²) in [4.78, 5) is 12.1. The molecule has 0 heterocycles. The van der Waals surface area contributed by atoms with Gasteiger partial charge in [0.25, 0.3) is 5.91 Å². The van der Waals surface area contributed by atoms with Crippen LogP contribution in [0.5, 0.6) is 5.75 Å². The Morgan fingerprint density at radius 2 is 2.16 bits per heavy atom. The van der Waals surface area contributed by atoms with Gasteiger partial charge in [-0.15, -0.1) is 0 Å². The first-order chi connectivity index (χ1) is 8.79. The van der Waals surface area contributed by atoms with E-state index in [4.69, 9.17) is 16.3 Å². The highest BCUT2D eigenvalue weighted by Crippen LogP contribution is 2.26. The van der Waals surface area contributed by atoms with E-state index < -0.39 is 5.60 Å². The minimum Gasteiger partial charge on any atom is -0.496 e. The number of hydrogen-bond donors (Lipinski definition) is 2. The van der Waals surface area contributed by atoms with Crippen molar-refractivity contribution in [2.24, 2.45) is 5.92 Å². The third-order valence-corrected chi connectivity index (χ3v) is 3.59. The van der Waals surface area contributed by atoms with Gasteiger partial charge in [0.2, 0.25) is 0 Å². The van der Waals surface area contributed by atoms with Crippen LogP contribution in [-0.2, 0) is 0 Å². The van der Waals surface area contributed by atoms with Crippen LogP contribution in [-0.4, -0.2) is 30.3 Å². The molecular weight excluding hydrogens is 266 g/mol. The van der Waals surface area contributed by atoms with Crippen molar-refractivity contribution >= 4 is 17.5 Å². The maximum Gasteiger partial charge on any atom is 0.256 e. The Balaban J connectivity index is 2.85. The summed E-state index contributed by atoms with van der Waals surface area (Å²) >= 11 is 6.01. The van der Waals surface area contributed by atoms with Crippen molar-refractivity contribution in [3.63, 3.8) is 0 Å². The summed E-state index contributed by atoms with van der Waals surface area (Å²) in [5.41, 5.74) is -0.685. The van der Waals surface area contributed by atoms with Gasteiger partial charge in [0.1, 0.15) is 5.75 Å². The molecule has 2 N–H and O–H groups in total. The van der Waals surface area contributed by atoms with Crippen molar-refractivity contribution in [1.82, 2.24) is 5.32 Å². The molecule has 0 spiro atoms. The van der Waals surface area contributed by atoms with E-state index in [0.29, 0.717) is 10.8 Å². The Labute approximate surface area is 118 Å². The van der Waals surface area contributed by atoms with Crippen molar-refractivity contribution in [2.75, 3.05) is 13.7 Å². The highest BCUT2D eigenvalue weighted by molar-refractivity contribution is 6.34. The lowest BCUT2D eigenvalue weighted by Crippen LogP contribution is -2.44. The molecular formula is C14H20ClNO3. The summed E-state index contributed by atoms with van der Waals surface area (Å²) in [5, 5.41) is 13.1. The number of methoxy groups -OCH3 is 1. The van der Waals surface area contributed by atoms with Gasteiger partial charge in [0.05, 0.1) is 23.3 Å². The quantitative estimate of drug-likeness (QED) is 0.874. The lowest BCUT2D eigenvalue weighted by atomic mass is 9.92. The molecule has 0 fully saturated rings. The van der Waals surface area contributed by atoms with Gasteiger partial charge in [0, 0.05) is 6.54 Å². The van der Waals surface area contributed by atoms with Crippen molar-refractivity contribution in [3.05, 3.63) is 28.8 Å². The Hall–Kier alpha value is -1.26. The zero-order chi connectivity index (χ0) is 14.6. The summed E-state index contributed by atoms with van der Waals surface area (Å²) in [6.45, 7) is 5.62. The number of hydrogen-bond acceptors (Lipinski definition) is 3. The molecule has 19 heavy (non-hydrogen) atoms. The SMILES string of the molecule is COc1cccc(Cl)c1C(=O)NCC(C)(O)C(C)C. The lowest BCUT2D eigenvalue weighted by Gasteiger charge is -2.28. The van der Waals surface area contributed by atoms with E-state index in [9.17, 15) is 9.90 Å². The second-order valence-corrected chi connectivity index (χ2v) is 5.42. The molecule has 106 valence electrons. The summed E-state index contributed by atoms with van der Waals surface area (Å²) in [6, 6.07) is 5.00. The first kappa shape index (κ1) is 15.8. The molecule has 0 aliphatic heterocycles. The predicted molar refractivity (Wildman–Crippen MR) is 75.8 cm³/mol. The number of nitrogens with one attached hydrogen (secondary N) is 1. The van der Waals surface area contributed by atoms with Gasteiger partial charge in [-0.1, -0.05) is 31.5 Å². The van der Waals surface area contributed by atoms with E-state index in [2.05, 4.69) is 5.32 Å². The Bertz CT molecular complexity index is 458. The molecule has 0 saturated carbocycles. The average molecular weight is 286 g/mol. The first-order valence-corrected chi connectivity index (χ1v) is 6.50. The van der Waals surface area contributed by atoms with Gasteiger partial charge in [-0.2, -0.15) is 0 Å².